The molecular formula is C13H15N3O4S. The number of rotatable bonds is 5. The van der Waals surface area contributed by atoms with E-state index in [1.54, 1.807) is 31.2 Å². The summed E-state index contributed by atoms with van der Waals surface area (Å²) in [6.07, 6.45) is 0. The standard InChI is InChI=1S/C13H15N3O4S/c1-8(10-6-4-3-5-7-10)16-21(19,20)12-9(2)14-15-11(12)13(17)18/h3-8,16H,1-2H3,(H,14,15)(H,17,18). The van der Waals surface area contributed by atoms with Crippen molar-refractivity contribution < 1.29 is 18.3 Å². The monoisotopic (exact) mass is 309 g/mol. The number of hydrogen-bond donors (Lipinski definition) is 3. The molecule has 0 aliphatic rings. The van der Waals surface area contributed by atoms with Gasteiger partial charge in [0.2, 0.25) is 10.0 Å². The molecule has 1 aromatic heterocycles. The highest BCUT2D eigenvalue weighted by Crippen LogP contribution is 2.21. The van der Waals surface area contributed by atoms with Gasteiger partial charge in [0.05, 0.1) is 5.69 Å². The first kappa shape index (κ1) is 15.2. The van der Waals surface area contributed by atoms with Crippen LogP contribution in [0.1, 0.15) is 34.7 Å². The normalized spacial score (nSPS) is 13.0. The van der Waals surface area contributed by atoms with E-state index < -0.39 is 27.7 Å². The van der Waals surface area contributed by atoms with E-state index in [0.717, 1.165) is 5.56 Å². The van der Waals surface area contributed by atoms with Crippen LogP contribution < -0.4 is 4.72 Å². The number of H-pyrrole nitrogens is 1. The lowest BCUT2D eigenvalue weighted by atomic mass is 10.1. The van der Waals surface area contributed by atoms with E-state index in [9.17, 15) is 13.2 Å². The van der Waals surface area contributed by atoms with Crippen LogP contribution in [0.25, 0.3) is 0 Å². The topological polar surface area (TPSA) is 112 Å². The fourth-order valence-electron chi connectivity index (χ4n) is 1.99. The smallest absolute Gasteiger partial charge is 0.357 e. The van der Waals surface area contributed by atoms with E-state index in [1.165, 1.54) is 6.92 Å². The molecular weight excluding hydrogens is 294 g/mol. The molecule has 0 amide bonds. The average Bonchev–Trinajstić information content (AvgIpc) is 2.82. The van der Waals surface area contributed by atoms with Crippen LogP contribution in [0.5, 0.6) is 0 Å². The van der Waals surface area contributed by atoms with Gasteiger partial charge in [-0.25, -0.2) is 17.9 Å². The number of carbonyl (C=O) groups is 1. The van der Waals surface area contributed by atoms with Gasteiger partial charge in [0.15, 0.2) is 5.69 Å². The van der Waals surface area contributed by atoms with Crippen molar-refractivity contribution in [2.45, 2.75) is 24.8 Å². The molecule has 0 saturated carbocycles. The third kappa shape index (κ3) is 3.11. The van der Waals surface area contributed by atoms with Crippen LogP contribution in [-0.4, -0.2) is 29.7 Å². The van der Waals surface area contributed by atoms with E-state index in [2.05, 4.69) is 14.9 Å². The zero-order valence-electron chi connectivity index (χ0n) is 11.5. The summed E-state index contributed by atoms with van der Waals surface area (Å²) in [6, 6.07) is 8.50. The van der Waals surface area contributed by atoms with Crippen molar-refractivity contribution in [1.29, 1.82) is 0 Å². The first-order chi connectivity index (χ1) is 9.83. The molecule has 3 N–H and O–H groups in total. The molecule has 0 fully saturated rings. The van der Waals surface area contributed by atoms with Gasteiger partial charge >= 0.3 is 5.97 Å². The van der Waals surface area contributed by atoms with Gasteiger partial charge in [-0.3, -0.25) is 5.10 Å². The minimum atomic E-state index is -4.00. The molecule has 8 heteroatoms. The zero-order chi connectivity index (χ0) is 15.6. The Morgan fingerprint density at radius 2 is 1.95 bits per heavy atom. The van der Waals surface area contributed by atoms with E-state index >= 15 is 0 Å². The molecule has 0 radical (unpaired) electrons. The Bertz CT molecular complexity index is 753. The summed E-state index contributed by atoms with van der Waals surface area (Å²) < 4.78 is 27.2. The van der Waals surface area contributed by atoms with E-state index in [1.807, 2.05) is 6.07 Å². The van der Waals surface area contributed by atoms with Crippen LogP contribution in [0, 0.1) is 6.92 Å². The van der Waals surface area contributed by atoms with Gasteiger partial charge in [0.25, 0.3) is 0 Å². The summed E-state index contributed by atoms with van der Waals surface area (Å²) in [4.78, 5) is 10.7. The molecule has 1 unspecified atom stereocenters. The fourth-order valence-corrected chi connectivity index (χ4v) is 3.55. The van der Waals surface area contributed by atoms with Crippen LogP contribution in [0.4, 0.5) is 0 Å². The molecule has 0 aliphatic carbocycles. The Morgan fingerprint density at radius 1 is 1.33 bits per heavy atom. The minimum Gasteiger partial charge on any atom is -0.476 e. The largest absolute Gasteiger partial charge is 0.476 e. The molecule has 2 aromatic rings. The van der Waals surface area contributed by atoms with Crippen LogP contribution in [0.15, 0.2) is 35.2 Å². The molecule has 0 aliphatic heterocycles. The van der Waals surface area contributed by atoms with Crippen molar-refractivity contribution in [3.8, 4) is 0 Å². The number of sulfonamides is 1. The van der Waals surface area contributed by atoms with Gasteiger partial charge in [-0.15, -0.1) is 0 Å². The Labute approximate surface area is 122 Å². The van der Waals surface area contributed by atoms with Crippen molar-refractivity contribution in [3.05, 3.63) is 47.3 Å². The molecule has 0 saturated heterocycles. The molecule has 0 bridgehead atoms. The lowest BCUT2D eigenvalue weighted by Gasteiger charge is -2.14. The van der Waals surface area contributed by atoms with Crippen molar-refractivity contribution in [2.75, 3.05) is 0 Å². The maximum atomic E-state index is 12.4. The number of aromatic carboxylic acids is 1. The predicted molar refractivity (Wildman–Crippen MR) is 75.5 cm³/mol. The van der Waals surface area contributed by atoms with Crippen molar-refractivity contribution in [2.24, 2.45) is 0 Å². The quantitative estimate of drug-likeness (QED) is 0.774. The van der Waals surface area contributed by atoms with Gasteiger partial charge in [0.1, 0.15) is 4.90 Å². The highest BCUT2D eigenvalue weighted by molar-refractivity contribution is 7.89. The number of aryl methyl sites for hydroxylation is 1. The second kappa shape index (κ2) is 5.66. The van der Waals surface area contributed by atoms with Gasteiger partial charge < -0.3 is 5.11 Å². The number of aromatic amines is 1. The van der Waals surface area contributed by atoms with Crippen molar-refractivity contribution in [1.82, 2.24) is 14.9 Å². The zero-order valence-corrected chi connectivity index (χ0v) is 12.3. The maximum absolute atomic E-state index is 12.4. The predicted octanol–water partition coefficient (Wildman–Crippen LogP) is 1.46. The second-order valence-corrected chi connectivity index (χ2v) is 6.24. The number of carboxylic acid groups (broad SMARTS) is 1. The lowest BCUT2D eigenvalue weighted by Crippen LogP contribution is -2.28. The first-order valence-electron chi connectivity index (χ1n) is 6.18. The molecule has 0 spiro atoms. The minimum absolute atomic E-state index is 0.181. The van der Waals surface area contributed by atoms with Crippen LogP contribution in [-0.2, 0) is 10.0 Å². The van der Waals surface area contributed by atoms with Gasteiger partial charge in [-0.05, 0) is 19.4 Å². The number of aromatic nitrogens is 2. The Morgan fingerprint density at radius 3 is 2.52 bits per heavy atom. The van der Waals surface area contributed by atoms with Gasteiger partial charge in [-0.1, -0.05) is 30.3 Å². The van der Waals surface area contributed by atoms with Crippen molar-refractivity contribution in [3.63, 3.8) is 0 Å². The molecule has 7 nitrogen and oxygen atoms in total. The third-order valence-corrected chi connectivity index (χ3v) is 4.69. The molecule has 112 valence electrons. The van der Waals surface area contributed by atoms with Crippen LogP contribution >= 0.6 is 0 Å². The van der Waals surface area contributed by atoms with Crippen LogP contribution in [0.2, 0.25) is 0 Å². The van der Waals surface area contributed by atoms with Crippen LogP contribution in [0.3, 0.4) is 0 Å². The number of nitrogens with one attached hydrogen (secondary N) is 2. The molecule has 1 atom stereocenters. The second-order valence-electron chi connectivity index (χ2n) is 4.59. The molecule has 1 heterocycles. The number of carboxylic acids is 1. The third-order valence-electron chi connectivity index (χ3n) is 2.99. The Hall–Kier alpha value is -2.19. The summed E-state index contributed by atoms with van der Waals surface area (Å²) in [5.41, 5.74) is 0.444. The van der Waals surface area contributed by atoms with E-state index in [4.69, 9.17) is 5.11 Å². The number of nitrogens with zero attached hydrogens (tertiary/aromatic N) is 1. The molecule has 1 aromatic carbocycles. The fraction of sp³-hybridized carbons (Fsp3) is 0.231. The highest BCUT2D eigenvalue weighted by atomic mass is 32.2. The summed E-state index contributed by atoms with van der Waals surface area (Å²) in [5, 5.41) is 14.9. The molecule has 21 heavy (non-hydrogen) atoms. The first-order valence-corrected chi connectivity index (χ1v) is 7.67. The van der Waals surface area contributed by atoms with E-state index in [-0.39, 0.29) is 10.6 Å². The van der Waals surface area contributed by atoms with Crippen molar-refractivity contribution >= 4 is 16.0 Å². The Kier molecular flexibility index (Phi) is 4.10. The lowest BCUT2D eigenvalue weighted by molar-refractivity contribution is 0.0686. The average molecular weight is 309 g/mol. The Balaban J connectivity index is 2.36. The van der Waals surface area contributed by atoms with E-state index in [0.29, 0.717) is 0 Å². The van der Waals surface area contributed by atoms with Gasteiger partial charge in [0, 0.05) is 6.04 Å². The maximum Gasteiger partial charge on any atom is 0.357 e. The summed E-state index contributed by atoms with van der Waals surface area (Å²) in [7, 11) is -4.00. The summed E-state index contributed by atoms with van der Waals surface area (Å²) in [5.74, 6) is -1.40. The summed E-state index contributed by atoms with van der Waals surface area (Å²) in [6.45, 7) is 3.14. The van der Waals surface area contributed by atoms with Gasteiger partial charge in [-0.2, -0.15) is 5.10 Å². The molecule has 2 rings (SSSR count). The number of hydrogen-bond acceptors (Lipinski definition) is 4. The SMILES string of the molecule is Cc1[nH]nc(C(=O)O)c1S(=O)(=O)NC(C)c1ccccc1. The highest BCUT2D eigenvalue weighted by Gasteiger charge is 2.29. The summed E-state index contributed by atoms with van der Waals surface area (Å²) >= 11 is 0. The number of benzene rings is 1.